The minimum atomic E-state index is -0.507. The Balaban J connectivity index is 1.80. The summed E-state index contributed by atoms with van der Waals surface area (Å²) in [7, 11) is 1.36. The smallest absolute Gasteiger partial charge is 0.328 e. The second-order valence-electron chi connectivity index (χ2n) is 4.56. The molecule has 0 radical (unpaired) electrons. The average Bonchev–Trinajstić information content (AvgIpc) is 2.90. The number of nitrogens with zero attached hydrogens (tertiary/aromatic N) is 3. The molecule has 0 aliphatic carbocycles. The molecule has 0 aliphatic rings. The molecule has 22 heavy (non-hydrogen) atoms. The monoisotopic (exact) mass is 324 g/mol. The molecule has 0 atom stereocenters. The predicted molar refractivity (Wildman–Crippen MR) is 80.9 cm³/mol. The lowest BCUT2D eigenvalue weighted by atomic mass is 10.2. The van der Waals surface area contributed by atoms with E-state index in [0.29, 0.717) is 17.5 Å². The summed E-state index contributed by atoms with van der Waals surface area (Å²) in [6, 6.07) is 0. The minimum absolute atomic E-state index is 0.0755. The molecule has 0 aromatic carbocycles. The topological polar surface area (TPSA) is 126 Å². The molecule has 0 saturated heterocycles. The van der Waals surface area contributed by atoms with Gasteiger partial charge in [0.1, 0.15) is 5.82 Å². The summed E-state index contributed by atoms with van der Waals surface area (Å²) in [5.41, 5.74) is -0.728. The molecule has 10 heteroatoms. The molecule has 2 heterocycles. The highest BCUT2D eigenvalue weighted by molar-refractivity contribution is 7.99. The largest absolute Gasteiger partial charge is 0.355 e. The van der Waals surface area contributed by atoms with Crippen LogP contribution in [-0.4, -0.2) is 42.9 Å². The van der Waals surface area contributed by atoms with Gasteiger partial charge in [-0.15, -0.1) is 5.10 Å². The normalized spacial score (nSPS) is 10.6. The number of aryl methyl sites for hydroxylation is 1. The van der Waals surface area contributed by atoms with Gasteiger partial charge < -0.3 is 10.3 Å². The van der Waals surface area contributed by atoms with Gasteiger partial charge in [0.2, 0.25) is 11.1 Å². The van der Waals surface area contributed by atoms with Crippen LogP contribution in [0.1, 0.15) is 11.4 Å². The van der Waals surface area contributed by atoms with E-state index in [-0.39, 0.29) is 17.9 Å². The Morgan fingerprint density at radius 1 is 1.45 bits per heavy atom. The van der Waals surface area contributed by atoms with Crippen molar-refractivity contribution in [1.29, 1.82) is 0 Å². The first-order chi connectivity index (χ1) is 10.5. The third-order valence-electron chi connectivity index (χ3n) is 2.84. The van der Waals surface area contributed by atoms with Crippen LogP contribution >= 0.6 is 11.8 Å². The van der Waals surface area contributed by atoms with Crippen LogP contribution < -0.4 is 16.6 Å². The number of hydrogen-bond acceptors (Lipinski definition) is 6. The number of aromatic amines is 2. The molecule has 0 saturated carbocycles. The van der Waals surface area contributed by atoms with Crippen molar-refractivity contribution in [1.82, 2.24) is 30.0 Å². The van der Waals surface area contributed by atoms with Crippen molar-refractivity contribution in [3.63, 3.8) is 0 Å². The summed E-state index contributed by atoms with van der Waals surface area (Å²) in [4.78, 5) is 41.3. The van der Waals surface area contributed by atoms with E-state index >= 15 is 0 Å². The predicted octanol–water partition coefficient (Wildman–Crippen LogP) is -1.05. The molecule has 2 aromatic rings. The first-order valence-electron chi connectivity index (χ1n) is 6.53. The second kappa shape index (κ2) is 7.07. The van der Waals surface area contributed by atoms with Gasteiger partial charge in [0.25, 0.3) is 5.56 Å². The third-order valence-corrected chi connectivity index (χ3v) is 3.69. The lowest BCUT2D eigenvalue weighted by Crippen LogP contribution is -2.36. The lowest BCUT2D eigenvalue weighted by Gasteiger charge is -2.04. The molecule has 0 aliphatic heterocycles. The standard InChI is InChI=1S/C12H16N6O3S/c1-7-15-11(17-16-7)22-4-3-13-9(19)5-8-6-14-12(21)18(2)10(8)20/h6H,3-5H2,1-2H3,(H,13,19)(H,14,21)(H,15,16,17). The van der Waals surface area contributed by atoms with Crippen LogP contribution in [0.2, 0.25) is 0 Å². The van der Waals surface area contributed by atoms with Crippen molar-refractivity contribution in [3.8, 4) is 0 Å². The van der Waals surface area contributed by atoms with Crippen molar-refractivity contribution < 1.29 is 4.79 Å². The van der Waals surface area contributed by atoms with Gasteiger partial charge >= 0.3 is 5.69 Å². The molecular weight excluding hydrogens is 308 g/mol. The van der Waals surface area contributed by atoms with Crippen LogP contribution in [0, 0.1) is 6.92 Å². The molecule has 0 spiro atoms. The molecule has 0 bridgehead atoms. The second-order valence-corrected chi connectivity index (χ2v) is 5.62. The lowest BCUT2D eigenvalue weighted by molar-refractivity contribution is -0.120. The zero-order valence-corrected chi connectivity index (χ0v) is 13.0. The molecule has 0 unspecified atom stereocenters. The maximum Gasteiger partial charge on any atom is 0.328 e. The first-order valence-corrected chi connectivity index (χ1v) is 7.52. The van der Waals surface area contributed by atoms with Gasteiger partial charge in [-0.1, -0.05) is 11.8 Å². The summed E-state index contributed by atoms with van der Waals surface area (Å²) in [5.74, 6) is 1.07. The Hall–Kier alpha value is -2.36. The van der Waals surface area contributed by atoms with Crippen LogP contribution in [0.15, 0.2) is 20.9 Å². The van der Waals surface area contributed by atoms with E-state index < -0.39 is 11.2 Å². The fourth-order valence-electron chi connectivity index (χ4n) is 1.70. The van der Waals surface area contributed by atoms with Crippen molar-refractivity contribution in [2.24, 2.45) is 7.05 Å². The maximum atomic E-state index is 11.8. The minimum Gasteiger partial charge on any atom is -0.355 e. The molecule has 1 amide bonds. The number of hydrogen-bond donors (Lipinski definition) is 3. The number of thioether (sulfide) groups is 1. The Bertz CT molecular complexity index is 778. The fourth-order valence-corrected chi connectivity index (χ4v) is 2.40. The maximum absolute atomic E-state index is 11.8. The van der Waals surface area contributed by atoms with Crippen molar-refractivity contribution in [3.05, 3.63) is 38.4 Å². The van der Waals surface area contributed by atoms with Gasteiger partial charge in [-0.25, -0.2) is 9.78 Å². The number of H-pyrrole nitrogens is 2. The molecule has 3 N–H and O–H groups in total. The highest BCUT2D eigenvalue weighted by Gasteiger charge is 2.09. The number of carbonyl (C=O) groups is 1. The first kappa shape index (κ1) is 16.0. The number of amides is 1. The van der Waals surface area contributed by atoms with Crippen molar-refractivity contribution in [2.75, 3.05) is 12.3 Å². The molecule has 2 aromatic heterocycles. The number of carbonyl (C=O) groups excluding carboxylic acids is 1. The summed E-state index contributed by atoms with van der Waals surface area (Å²) < 4.78 is 0.935. The van der Waals surface area contributed by atoms with Crippen molar-refractivity contribution >= 4 is 17.7 Å². The van der Waals surface area contributed by atoms with E-state index in [9.17, 15) is 14.4 Å². The number of aromatic nitrogens is 5. The molecule has 118 valence electrons. The van der Waals surface area contributed by atoms with Crippen LogP contribution in [0.5, 0.6) is 0 Å². The zero-order valence-electron chi connectivity index (χ0n) is 12.2. The quantitative estimate of drug-likeness (QED) is 0.460. The van der Waals surface area contributed by atoms with E-state index in [1.54, 1.807) is 0 Å². The van der Waals surface area contributed by atoms with Gasteiger partial charge in [0.05, 0.1) is 6.42 Å². The van der Waals surface area contributed by atoms with E-state index in [1.165, 1.54) is 25.0 Å². The summed E-state index contributed by atoms with van der Waals surface area (Å²) in [6.45, 7) is 2.24. The Kier molecular flexibility index (Phi) is 5.15. The van der Waals surface area contributed by atoms with E-state index in [1.807, 2.05) is 6.92 Å². The fraction of sp³-hybridized carbons (Fsp3) is 0.417. The average molecular weight is 324 g/mol. The van der Waals surface area contributed by atoms with Crippen LogP contribution in [0.3, 0.4) is 0 Å². The van der Waals surface area contributed by atoms with Crippen LogP contribution in [0.4, 0.5) is 0 Å². The van der Waals surface area contributed by atoms with Crippen molar-refractivity contribution in [2.45, 2.75) is 18.5 Å². The number of nitrogens with one attached hydrogen (secondary N) is 3. The van der Waals surface area contributed by atoms with Gasteiger partial charge in [-0.3, -0.25) is 19.3 Å². The SMILES string of the molecule is Cc1nc(SCCNC(=O)Cc2c[nH]c(=O)n(C)c2=O)n[nH]1. The molecule has 0 fully saturated rings. The van der Waals surface area contributed by atoms with Gasteiger partial charge in [-0.05, 0) is 6.92 Å². The summed E-state index contributed by atoms with van der Waals surface area (Å²) in [5, 5.41) is 10.0. The van der Waals surface area contributed by atoms with E-state index in [0.717, 1.165) is 10.4 Å². The Morgan fingerprint density at radius 3 is 2.91 bits per heavy atom. The Morgan fingerprint density at radius 2 is 2.23 bits per heavy atom. The van der Waals surface area contributed by atoms with Gasteiger partial charge in [0, 0.05) is 31.1 Å². The Labute approximate surface area is 129 Å². The van der Waals surface area contributed by atoms with Gasteiger partial charge in [-0.2, -0.15) is 0 Å². The molecule has 9 nitrogen and oxygen atoms in total. The zero-order chi connectivity index (χ0) is 16.1. The van der Waals surface area contributed by atoms with Crippen LogP contribution in [-0.2, 0) is 18.3 Å². The van der Waals surface area contributed by atoms with Crippen LogP contribution in [0.25, 0.3) is 0 Å². The number of rotatable bonds is 6. The summed E-state index contributed by atoms with van der Waals surface area (Å²) >= 11 is 1.42. The van der Waals surface area contributed by atoms with E-state index in [4.69, 9.17) is 0 Å². The molecule has 2 rings (SSSR count). The summed E-state index contributed by atoms with van der Waals surface area (Å²) in [6.07, 6.45) is 1.20. The van der Waals surface area contributed by atoms with Gasteiger partial charge in [0.15, 0.2) is 0 Å². The third kappa shape index (κ3) is 4.07. The van der Waals surface area contributed by atoms with E-state index in [2.05, 4.69) is 25.5 Å². The highest BCUT2D eigenvalue weighted by atomic mass is 32.2. The molecular formula is C12H16N6O3S. The highest BCUT2D eigenvalue weighted by Crippen LogP contribution is 2.10.